The normalized spacial score (nSPS) is 13.0. The summed E-state index contributed by atoms with van der Waals surface area (Å²) in [6, 6.07) is 72.2. The number of para-hydroxylation sites is 2. The van der Waals surface area contributed by atoms with E-state index in [2.05, 4.69) is 209 Å². The van der Waals surface area contributed by atoms with Crippen LogP contribution < -0.4 is 9.30 Å². The molecule has 64 heavy (non-hydrogen) atoms. The topological polar surface area (TPSA) is 35.9 Å². The Hall–Kier alpha value is -7.59. The molecule has 4 heterocycles. The first-order chi connectivity index (χ1) is 31.2. The van der Waals surface area contributed by atoms with Gasteiger partial charge in [-0.1, -0.05) is 163 Å². The molecular weight excluding hydrogens is 964 g/mol. The molecule has 0 fully saturated rings. The van der Waals surface area contributed by atoms with Crippen LogP contribution in [0.5, 0.6) is 11.5 Å². The Balaban J connectivity index is 0.00000433. The van der Waals surface area contributed by atoms with Gasteiger partial charge in [0.05, 0.1) is 18.1 Å². The number of hydrogen-bond acceptors (Lipinski definition) is 2. The predicted molar refractivity (Wildman–Crippen MR) is 251 cm³/mol. The smallest absolute Gasteiger partial charge is 0.242 e. The largest absolute Gasteiger partial charge is 0.510 e. The molecule has 306 valence electrons. The number of pyridine rings is 1. The molecule has 3 aromatic heterocycles. The Morgan fingerprint density at radius 2 is 1.20 bits per heavy atom. The van der Waals surface area contributed by atoms with Gasteiger partial charge in [0.1, 0.15) is 5.82 Å². The van der Waals surface area contributed by atoms with E-state index < -0.39 is 5.41 Å². The second-order valence-electron chi connectivity index (χ2n) is 16.3. The van der Waals surface area contributed by atoms with E-state index >= 15 is 0 Å². The standard InChI is InChI=1S/C58H36N4O.Pt/c1-60-37-61-53-36-43(63-42-30-32-47-46-21-8-9-25-50(46)62(52(47)35-42)54-27-10-11-34-59-54)31-33-48(53)58(49-24-14-26-51(60)57(49)61)55-40(19-12-22-44(55)38-15-4-2-5-16-38)28-29-41-20-13-23-45(56(41)58)39-17-6-3-7-18-39;/h2-34H,1H3;/q-2;. The minimum Gasteiger partial charge on any atom is -0.510 e. The number of benzene rings is 8. The van der Waals surface area contributed by atoms with Crippen LogP contribution in [-0.2, 0) is 33.5 Å². The summed E-state index contributed by atoms with van der Waals surface area (Å²) in [6.07, 6.45) is 10.1. The van der Waals surface area contributed by atoms with Crippen LogP contribution in [0.3, 0.4) is 0 Å². The predicted octanol–water partition coefficient (Wildman–Crippen LogP) is 12.7. The first-order valence-electron chi connectivity index (χ1n) is 21.3. The zero-order chi connectivity index (χ0) is 41.6. The maximum absolute atomic E-state index is 6.86. The molecule has 0 N–H and O–H groups in total. The quantitative estimate of drug-likeness (QED) is 0.127. The Labute approximate surface area is 385 Å². The summed E-state index contributed by atoms with van der Waals surface area (Å²) in [4.78, 5) is 4.74. The van der Waals surface area contributed by atoms with Gasteiger partial charge in [-0.05, 0) is 73.7 Å². The van der Waals surface area contributed by atoms with Crippen molar-refractivity contribution in [3.05, 3.63) is 240 Å². The Kier molecular flexibility index (Phi) is 8.79. The summed E-state index contributed by atoms with van der Waals surface area (Å²) in [6.45, 7) is 0. The fraction of sp³-hybridized carbons (Fsp3) is 0.0345. The molecule has 0 bridgehead atoms. The van der Waals surface area contributed by atoms with Crippen molar-refractivity contribution in [2.24, 2.45) is 7.05 Å². The molecule has 0 amide bonds. The molecule has 13 rings (SSSR count). The molecule has 1 aliphatic carbocycles. The Morgan fingerprint density at radius 3 is 1.91 bits per heavy atom. The number of fused-ring (bicyclic) bond motifs is 11. The van der Waals surface area contributed by atoms with Crippen LogP contribution in [0.2, 0.25) is 0 Å². The van der Waals surface area contributed by atoms with E-state index in [1.54, 1.807) is 0 Å². The number of imidazole rings is 1. The fourth-order valence-corrected chi connectivity index (χ4v) is 10.5. The van der Waals surface area contributed by atoms with Gasteiger partial charge in [-0.25, -0.2) is 4.98 Å². The minimum atomic E-state index is -0.819. The van der Waals surface area contributed by atoms with Crippen molar-refractivity contribution in [2.75, 3.05) is 0 Å². The van der Waals surface area contributed by atoms with Gasteiger partial charge in [0.2, 0.25) is 6.33 Å². The van der Waals surface area contributed by atoms with Crippen LogP contribution >= 0.6 is 0 Å². The van der Waals surface area contributed by atoms with Gasteiger partial charge in [0.25, 0.3) is 0 Å². The van der Waals surface area contributed by atoms with E-state index in [0.29, 0.717) is 11.5 Å². The van der Waals surface area contributed by atoms with Crippen LogP contribution in [0.25, 0.3) is 78.8 Å². The third-order valence-electron chi connectivity index (χ3n) is 13.0. The van der Waals surface area contributed by atoms with E-state index in [1.165, 1.54) is 27.8 Å². The van der Waals surface area contributed by atoms with Crippen molar-refractivity contribution in [2.45, 2.75) is 5.41 Å². The van der Waals surface area contributed by atoms with Crippen LogP contribution in [0.1, 0.15) is 33.4 Å². The zero-order valence-electron chi connectivity index (χ0n) is 34.6. The Morgan fingerprint density at radius 1 is 0.562 bits per heavy atom. The zero-order valence-corrected chi connectivity index (χ0v) is 36.8. The van der Waals surface area contributed by atoms with Crippen molar-refractivity contribution in [3.8, 4) is 45.3 Å². The first kappa shape index (κ1) is 38.1. The van der Waals surface area contributed by atoms with Gasteiger partial charge in [-0.3, -0.25) is 0 Å². The molecule has 11 aromatic rings. The Bertz CT molecular complexity index is 3570. The van der Waals surface area contributed by atoms with E-state index in [4.69, 9.17) is 9.72 Å². The molecule has 2 aliphatic rings. The van der Waals surface area contributed by atoms with Crippen molar-refractivity contribution in [3.63, 3.8) is 0 Å². The molecule has 0 saturated heterocycles. The molecule has 1 spiro atoms. The van der Waals surface area contributed by atoms with E-state index in [9.17, 15) is 0 Å². The van der Waals surface area contributed by atoms with Crippen molar-refractivity contribution >= 4 is 45.0 Å². The molecular formula is C58H36N4OPt-2. The van der Waals surface area contributed by atoms with Crippen molar-refractivity contribution in [1.29, 1.82) is 0 Å². The summed E-state index contributed by atoms with van der Waals surface area (Å²) >= 11 is 0. The molecule has 6 heteroatoms. The summed E-state index contributed by atoms with van der Waals surface area (Å²) in [7, 11) is 2.08. The van der Waals surface area contributed by atoms with Gasteiger partial charge in [0, 0.05) is 49.7 Å². The average Bonchev–Trinajstić information content (AvgIpc) is 3.81. The van der Waals surface area contributed by atoms with Crippen molar-refractivity contribution in [1.82, 2.24) is 14.1 Å². The summed E-state index contributed by atoms with van der Waals surface area (Å²) in [5.41, 5.74) is 15.9. The minimum absolute atomic E-state index is 0. The van der Waals surface area contributed by atoms with Crippen LogP contribution in [0, 0.1) is 18.5 Å². The van der Waals surface area contributed by atoms with Gasteiger partial charge in [-0.2, -0.15) is 12.1 Å². The van der Waals surface area contributed by atoms with Gasteiger partial charge in [-0.15, -0.1) is 35.2 Å². The number of rotatable bonds is 5. The molecule has 0 radical (unpaired) electrons. The molecule has 0 atom stereocenters. The SMILES string of the molecule is C[n+]1[c-]n2c3c(cccc31)C1(c3ccc(Oc4[c-]c5c(cc4)c4ccccc4n5-c4ccccn4)[c-]c3-2)c2c(cccc2-c2ccccc2)C=Cc2cccc(-c3ccccc3)c21.[Pt]. The average molecular weight is 1000 g/mol. The van der Waals surface area contributed by atoms with Gasteiger partial charge < -0.3 is 18.4 Å². The van der Waals surface area contributed by atoms with E-state index in [1.807, 2.05) is 30.5 Å². The van der Waals surface area contributed by atoms with Crippen LogP contribution in [0.15, 0.2) is 188 Å². The van der Waals surface area contributed by atoms with Gasteiger partial charge in [0.15, 0.2) is 0 Å². The molecule has 0 saturated carbocycles. The maximum Gasteiger partial charge on any atom is 0.242 e. The van der Waals surface area contributed by atoms with Crippen LogP contribution in [0.4, 0.5) is 0 Å². The summed E-state index contributed by atoms with van der Waals surface area (Å²) in [5.74, 6) is 1.99. The molecule has 8 aromatic carbocycles. The molecule has 0 unspecified atom stereocenters. The number of aryl methyl sites for hydroxylation is 1. The van der Waals surface area contributed by atoms with Crippen LogP contribution in [-0.4, -0.2) is 14.1 Å². The second-order valence-corrected chi connectivity index (χ2v) is 16.3. The maximum atomic E-state index is 6.86. The molecule has 1 aliphatic heterocycles. The van der Waals surface area contributed by atoms with E-state index in [-0.39, 0.29) is 21.1 Å². The number of hydrogen-bond donors (Lipinski definition) is 0. The molecule has 5 nitrogen and oxygen atoms in total. The summed E-state index contributed by atoms with van der Waals surface area (Å²) in [5, 5.41) is 2.21. The van der Waals surface area contributed by atoms with Crippen molar-refractivity contribution < 1.29 is 30.4 Å². The van der Waals surface area contributed by atoms with E-state index in [0.717, 1.165) is 72.2 Å². The van der Waals surface area contributed by atoms with Gasteiger partial charge >= 0.3 is 0 Å². The second kappa shape index (κ2) is 14.8. The number of aromatic nitrogens is 4. The first-order valence-corrected chi connectivity index (χ1v) is 21.3. The summed E-state index contributed by atoms with van der Waals surface area (Å²) < 4.78 is 13.3. The number of ether oxygens (including phenoxy) is 1. The monoisotopic (exact) mass is 999 g/mol. The fourth-order valence-electron chi connectivity index (χ4n) is 10.5. The number of nitrogens with zero attached hydrogens (tertiary/aromatic N) is 4. The third kappa shape index (κ3) is 5.47. The third-order valence-corrected chi connectivity index (χ3v) is 13.0.